The summed E-state index contributed by atoms with van der Waals surface area (Å²) in [6, 6.07) is 13.8. The number of rotatable bonds is 7. The van der Waals surface area contributed by atoms with Crippen molar-refractivity contribution in [2.45, 2.75) is 44.9 Å². The predicted molar refractivity (Wildman–Crippen MR) is 126 cm³/mol. The van der Waals surface area contributed by atoms with Crippen LogP contribution in [0.3, 0.4) is 0 Å². The van der Waals surface area contributed by atoms with Crippen LogP contribution < -0.4 is 10.6 Å². The molecule has 0 aliphatic carbocycles. The first-order chi connectivity index (χ1) is 15.1. The Balaban J connectivity index is 1.52. The Kier molecular flexibility index (Phi) is 7.69. The van der Waals surface area contributed by atoms with Gasteiger partial charge in [-0.15, -0.1) is 0 Å². The van der Waals surface area contributed by atoms with E-state index in [-0.39, 0.29) is 28.5 Å². The Bertz CT molecular complexity index is 1040. The first-order valence-corrected chi connectivity index (χ1v) is 12.4. The SMILES string of the molecule is Cc1ccc(S(=O)(=O)N2CCC(C(=O)Nc3ccc(NC(=O)CC(C)C)cc3)CC2)cc1. The van der Waals surface area contributed by atoms with Crippen LogP contribution in [0.1, 0.15) is 38.7 Å². The minimum atomic E-state index is -3.54. The molecule has 2 amide bonds. The van der Waals surface area contributed by atoms with Crippen LogP contribution in [0, 0.1) is 18.8 Å². The normalized spacial score (nSPS) is 15.5. The van der Waals surface area contributed by atoms with Gasteiger partial charge in [0.05, 0.1) is 4.90 Å². The van der Waals surface area contributed by atoms with Crippen molar-refractivity contribution in [3.8, 4) is 0 Å². The lowest BCUT2D eigenvalue weighted by Gasteiger charge is -2.30. The second-order valence-corrected chi connectivity index (χ2v) is 10.6. The molecule has 1 aliphatic heterocycles. The van der Waals surface area contributed by atoms with Gasteiger partial charge in [-0.2, -0.15) is 4.31 Å². The van der Waals surface area contributed by atoms with Gasteiger partial charge in [-0.1, -0.05) is 31.5 Å². The lowest BCUT2D eigenvalue weighted by atomic mass is 9.97. The summed E-state index contributed by atoms with van der Waals surface area (Å²) in [4.78, 5) is 24.8. The molecule has 1 fully saturated rings. The second kappa shape index (κ2) is 10.3. The minimum Gasteiger partial charge on any atom is -0.326 e. The lowest BCUT2D eigenvalue weighted by molar-refractivity contribution is -0.121. The van der Waals surface area contributed by atoms with Gasteiger partial charge in [-0.25, -0.2) is 8.42 Å². The Morgan fingerprint density at radius 1 is 0.938 bits per heavy atom. The van der Waals surface area contributed by atoms with Crippen LogP contribution in [0.15, 0.2) is 53.4 Å². The Morgan fingerprint density at radius 2 is 1.47 bits per heavy atom. The molecule has 0 aromatic heterocycles. The fraction of sp³-hybridized carbons (Fsp3) is 0.417. The molecule has 1 saturated heterocycles. The highest BCUT2D eigenvalue weighted by Crippen LogP contribution is 2.25. The third kappa shape index (κ3) is 6.17. The van der Waals surface area contributed by atoms with Gasteiger partial charge >= 0.3 is 0 Å². The van der Waals surface area contributed by atoms with E-state index < -0.39 is 10.0 Å². The number of anilines is 2. The minimum absolute atomic E-state index is 0.0378. The molecule has 0 spiro atoms. The van der Waals surface area contributed by atoms with E-state index in [0.29, 0.717) is 43.7 Å². The highest BCUT2D eigenvalue weighted by molar-refractivity contribution is 7.89. The number of carbonyl (C=O) groups excluding carboxylic acids is 2. The van der Waals surface area contributed by atoms with Crippen LogP contribution in [0.4, 0.5) is 11.4 Å². The number of benzene rings is 2. The molecule has 7 nitrogen and oxygen atoms in total. The Labute approximate surface area is 190 Å². The van der Waals surface area contributed by atoms with Gasteiger partial charge in [-0.3, -0.25) is 9.59 Å². The molecule has 8 heteroatoms. The molecular weight excluding hydrogens is 426 g/mol. The van der Waals surface area contributed by atoms with E-state index >= 15 is 0 Å². The monoisotopic (exact) mass is 457 g/mol. The molecule has 3 rings (SSSR count). The van der Waals surface area contributed by atoms with Crippen molar-refractivity contribution >= 4 is 33.2 Å². The summed E-state index contributed by atoms with van der Waals surface area (Å²) in [6.45, 7) is 6.52. The van der Waals surface area contributed by atoms with Crippen molar-refractivity contribution in [1.29, 1.82) is 0 Å². The van der Waals surface area contributed by atoms with Gasteiger partial charge in [0.25, 0.3) is 0 Å². The quantitative estimate of drug-likeness (QED) is 0.656. The van der Waals surface area contributed by atoms with Crippen LogP contribution >= 0.6 is 0 Å². The number of sulfonamides is 1. The maximum absolute atomic E-state index is 12.8. The number of amides is 2. The van der Waals surface area contributed by atoms with Gasteiger partial charge in [-0.05, 0) is 62.1 Å². The van der Waals surface area contributed by atoms with Crippen molar-refractivity contribution in [3.05, 3.63) is 54.1 Å². The van der Waals surface area contributed by atoms with Gasteiger partial charge < -0.3 is 10.6 Å². The van der Waals surface area contributed by atoms with E-state index in [2.05, 4.69) is 10.6 Å². The summed E-state index contributed by atoms with van der Waals surface area (Å²) in [5.41, 5.74) is 2.33. The van der Waals surface area contributed by atoms with Gasteiger partial charge in [0.15, 0.2) is 0 Å². The molecule has 1 heterocycles. The summed E-state index contributed by atoms with van der Waals surface area (Å²) in [5.74, 6) is -0.116. The molecule has 1 aliphatic rings. The third-order valence-electron chi connectivity index (χ3n) is 5.51. The average Bonchev–Trinajstić information content (AvgIpc) is 2.75. The number of hydrogen-bond acceptors (Lipinski definition) is 4. The number of nitrogens with one attached hydrogen (secondary N) is 2. The van der Waals surface area contributed by atoms with Crippen molar-refractivity contribution in [3.63, 3.8) is 0 Å². The molecule has 172 valence electrons. The van der Waals surface area contributed by atoms with E-state index in [1.165, 1.54) is 4.31 Å². The topological polar surface area (TPSA) is 95.6 Å². The fourth-order valence-corrected chi connectivity index (χ4v) is 5.15. The zero-order chi connectivity index (χ0) is 23.3. The largest absolute Gasteiger partial charge is 0.326 e. The van der Waals surface area contributed by atoms with Crippen LogP contribution in [0.25, 0.3) is 0 Å². The summed E-state index contributed by atoms with van der Waals surface area (Å²) < 4.78 is 27.1. The molecule has 2 aromatic rings. The molecule has 0 saturated carbocycles. The molecule has 32 heavy (non-hydrogen) atoms. The van der Waals surface area contributed by atoms with Crippen molar-refractivity contribution < 1.29 is 18.0 Å². The molecule has 0 atom stereocenters. The average molecular weight is 458 g/mol. The van der Waals surface area contributed by atoms with Gasteiger partial charge in [0.2, 0.25) is 21.8 Å². The summed E-state index contributed by atoms with van der Waals surface area (Å²) in [5, 5.41) is 5.73. The number of nitrogens with zero attached hydrogens (tertiary/aromatic N) is 1. The third-order valence-corrected chi connectivity index (χ3v) is 7.43. The summed E-state index contributed by atoms with van der Waals surface area (Å²) in [7, 11) is -3.54. The molecular formula is C24H31N3O4S. The Hall–Kier alpha value is -2.71. The summed E-state index contributed by atoms with van der Waals surface area (Å²) in [6.07, 6.45) is 1.40. The standard InChI is InChI=1S/C24H31N3O4S/c1-17(2)16-23(28)25-20-6-8-21(9-7-20)26-24(29)19-12-14-27(15-13-19)32(30,31)22-10-4-18(3)5-11-22/h4-11,17,19H,12-16H2,1-3H3,(H,25,28)(H,26,29). The predicted octanol–water partition coefficient (Wildman–Crippen LogP) is 4.02. The maximum Gasteiger partial charge on any atom is 0.243 e. The molecule has 0 unspecified atom stereocenters. The highest BCUT2D eigenvalue weighted by Gasteiger charge is 2.32. The molecule has 2 aromatic carbocycles. The van der Waals surface area contributed by atoms with Crippen molar-refractivity contribution in [2.24, 2.45) is 11.8 Å². The maximum atomic E-state index is 12.8. The number of hydrogen-bond donors (Lipinski definition) is 2. The summed E-state index contributed by atoms with van der Waals surface area (Å²) >= 11 is 0. The van der Waals surface area contributed by atoms with Crippen LogP contribution in [-0.4, -0.2) is 37.6 Å². The first-order valence-electron chi connectivity index (χ1n) is 10.9. The lowest BCUT2D eigenvalue weighted by Crippen LogP contribution is -2.41. The molecule has 0 radical (unpaired) electrons. The van der Waals surface area contributed by atoms with Crippen molar-refractivity contribution in [1.82, 2.24) is 4.31 Å². The van der Waals surface area contributed by atoms with E-state index in [1.807, 2.05) is 20.8 Å². The zero-order valence-electron chi connectivity index (χ0n) is 18.8. The first kappa shape index (κ1) is 23.9. The van der Waals surface area contributed by atoms with E-state index in [0.717, 1.165) is 5.56 Å². The van der Waals surface area contributed by atoms with Gasteiger partial charge in [0.1, 0.15) is 0 Å². The Morgan fingerprint density at radius 3 is 2.00 bits per heavy atom. The van der Waals surface area contributed by atoms with E-state index in [9.17, 15) is 18.0 Å². The van der Waals surface area contributed by atoms with Crippen LogP contribution in [0.2, 0.25) is 0 Å². The fourth-order valence-electron chi connectivity index (χ4n) is 3.68. The van der Waals surface area contributed by atoms with E-state index in [4.69, 9.17) is 0 Å². The molecule has 2 N–H and O–H groups in total. The number of aryl methyl sites for hydroxylation is 1. The smallest absolute Gasteiger partial charge is 0.243 e. The highest BCUT2D eigenvalue weighted by atomic mass is 32.2. The van der Waals surface area contributed by atoms with Crippen LogP contribution in [-0.2, 0) is 19.6 Å². The number of piperidine rings is 1. The molecule has 0 bridgehead atoms. The number of carbonyl (C=O) groups is 2. The second-order valence-electron chi connectivity index (χ2n) is 8.70. The zero-order valence-corrected chi connectivity index (χ0v) is 19.6. The van der Waals surface area contributed by atoms with Crippen LogP contribution in [0.5, 0.6) is 0 Å². The van der Waals surface area contributed by atoms with Gasteiger partial charge in [0, 0.05) is 36.8 Å². The van der Waals surface area contributed by atoms with E-state index in [1.54, 1.807) is 48.5 Å². The van der Waals surface area contributed by atoms with Crippen molar-refractivity contribution in [2.75, 3.05) is 23.7 Å².